The molecule has 0 saturated heterocycles. The molecule has 4 nitrogen and oxygen atoms in total. The first kappa shape index (κ1) is 16.3. The van der Waals surface area contributed by atoms with Crippen molar-refractivity contribution in [3.63, 3.8) is 0 Å². The standard InChI is InChI=1S/C6H7F5O4S2/c7-5(6(8)9)1-4(2-16(10,12)13)3-17(11,14)15/h4H,1-3H2. The van der Waals surface area contributed by atoms with Crippen molar-refractivity contribution in [3.05, 3.63) is 11.9 Å². The van der Waals surface area contributed by atoms with Gasteiger partial charge in [-0.2, -0.15) is 25.6 Å². The molecule has 0 heterocycles. The molecule has 0 spiro atoms. The van der Waals surface area contributed by atoms with E-state index in [2.05, 4.69) is 0 Å². The normalized spacial score (nSPS) is 12.8. The lowest BCUT2D eigenvalue weighted by molar-refractivity contribution is 0.358. The Labute approximate surface area is 94.5 Å². The summed E-state index contributed by atoms with van der Waals surface area (Å²) in [6.07, 6.45) is -4.18. The summed E-state index contributed by atoms with van der Waals surface area (Å²) in [5.41, 5.74) is 0. The minimum absolute atomic E-state index is 1.38. The third kappa shape index (κ3) is 9.03. The van der Waals surface area contributed by atoms with E-state index in [9.17, 15) is 37.8 Å². The van der Waals surface area contributed by atoms with Gasteiger partial charge in [-0.15, -0.1) is 7.77 Å². The minimum Gasteiger partial charge on any atom is -0.206 e. The van der Waals surface area contributed by atoms with Crippen molar-refractivity contribution in [2.75, 3.05) is 11.5 Å². The molecule has 0 aliphatic rings. The summed E-state index contributed by atoms with van der Waals surface area (Å²) < 4.78 is 101. The molecule has 0 aromatic rings. The Hall–Kier alpha value is -0.710. The molecule has 0 aromatic carbocycles. The van der Waals surface area contributed by atoms with E-state index >= 15 is 0 Å². The summed E-state index contributed by atoms with van der Waals surface area (Å²) >= 11 is 0. The van der Waals surface area contributed by atoms with Crippen LogP contribution in [0, 0.1) is 5.92 Å². The lowest BCUT2D eigenvalue weighted by Gasteiger charge is -2.10. The smallest absolute Gasteiger partial charge is 0.206 e. The fraction of sp³-hybridized carbons (Fsp3) is 0.667. The zero-order chi connectivity index (χ0) is 13.9. The van der Waals surface area contributed by atoms with Crippen molar-refractivity contribution in [2.24, 2.45) is 5.92 Å². The lowest BCUT2D eigenvalue weighted by Crippen LogP contribution is -2.20. The predicted octanol–water partition coefficient (Wildman–Crippen LogP) is 1.67. The molecule has 0 bridgehead atoms. The van der Waals surface area contributed by atoms with Gasteiger partial charge in [0.1, 0.15) is 0 Å². The van der Waals surface area contributed by atoms with E-state index in [1.54, 1.807) is 0 Å². The van der Waals surface area contributed by atoms with Crippen LogP contribution in [0.15, 0.2) is 11.9 Å². The Morgan fingerprint density at radius 3 is 1.47 bits per heavy atom. The Morgan fingerprint density at radius 2 is 1.24 bits per heavy atom. The van der Waals surface area contributed by atoms with Gasteiger partial charge in [0.25, 0.3) is 0 Å². The molecule has 0 atom stereocenters. The highest BCUT2D eigenvalue weighted by Crippen LogP contribution is 2.22. The number of hydrogen-bond donors (Lipinski definition) is 0. The van der Waals surface area contributed by atoms with Crippen LogP contribution in [-0.4, -0.2) is 28.3 Å². The second-order valence-corrected chi connectivity index (χ2v) is 5.97. The van der Waals surface area contributed by atoms with E-state index in [1.165, 1.54) is 0 Å². The van der Waals surface area contributed by atoms with Gasteiger partial charge in [-0.3, -0.25) is 0 Å². The summed E-state index contributed by atoms with van der Waals surface area (Å²) in [4.78, 5) is 0. The van der Waals surface area contributed by atoms with Gasteiger partial charge in [0.05, 0.1) is 11.5 Å². The molecule has 0 unspecified atom stereocenters. The minimum atomic E-state index is -5.23. The van der Waals surface area contributed by atoms with E-state index in [-0.39, 0.29) is 0 Å². The highest BCUT2D eigenvalue weighted by atomic mass is 32.3. The Balaban J connectivity index is 4.94. The summed E-state index contributed by atoms with van der Waals surface area (Å²) in [5.74, 6) is -7.18. The van der Waals surface area contributed by atoms with Crippen LogP contribution in [0.2, 0.25) is 0 Å². The van der Waals surface area contributed by atoms with E-state index < -0.39 is 56.2 Å². The SMILES string of the molecule is O=S(=O)(F)CC(CC(F)=C(F)F)CS(=O)(=O)F. The average molecular weight is 302 g/mol. The molecular formula is C6H7F5O4S2. The summed E-state index contributed by atoms with van der Waals surface area (Å²) in [6.45, 7) is 0. The van der Waals surface area contributed by atoms with Crippen LogP contribution in [0.4, 0.5) is 20.9 Å². The fourth-order valence-electron chi connectivity index (χ4n) is 1.06. The van der Waals surface area contributed by atoms with Crippen molar-refractivity contribution < 1.29 is 37.8 Å². The molecule has 0 saturated carbocycles. The zero-order valence-electron chi connectivity index (χ0n) is 8.04. The van der Waals surface area contributed by atoms with Crippen LogP contribution in [0.1, 0.15) is 6.42 Å². The van der Waals surface area contributed by atoms with Gasteiger partial charge in [0.15, 0.2) is 5.83 Å². The second kappa shape index (κ2) is 5.76. The highest BCUT2D eigenvalue weighted by molar-refractivity contribution is 7.87. The number of rotatable bonds is 6. The van der Waals surface area contributed by atoms with E-state index in [0.717, 1.165) is 0 Å². The Bertz CT molecular complexity index is 456. The molecule has 0 aliphatic heterocycles. The maximum absolute atomic E-state index is 12.4. The Kier molecular flexibility index (Phi) is 5.52. The van der Waals surface area contributed by atoms with Crippen LogP contribution in [0.3, 0.4) is 0 Å². The van der Waals surface area contributed by atoms with Crippen LogP contribution >= 0.6 is 0 Å². The van der Waals surface area contributed by atoms with Gasteiger partial charge in [0, 0.05) is 6.42 Å². The van der Waals surface area contributed by atoms with E-state index in [0.29, 0.717) is 0 Å². The van der Waals surface area contributed by atoms with Gasteiger partial charge in [-0.05, 0) is 5.92 Å². The summed E-state index contributed by atoms with van der Waals surface area (Å²) in [6, 6.07) is 0. The zero-order valence-corrected chi connectivity index (χ0v) is 9.67. The van der Waals surface area contributed by atoms with E-state index in [4.69, 9.17) is 0 Å². The molecule has 0 N–H and O–H groups in total. The van der Waals surface area contributed by atoms with Crippen LogP contribution in [0.25, 0.3) is 0 Å². The Morgan fingerprint density at radius 1 is 0.882 bits per heavy atom. The van der Waals surface area contributed by atoms with Crippen LogP contribution in [0.5, 0.6) is 0 Å². The monoisotopic (exact) mass is 302 g/mol. The molecule has 17 heavy (non-hydrogen) atoms. The molecular weight excluding hydrogens is 295 g/mol. The third-order valence-corrected chi connectivity index (χ3v) is 3.28. The highest BCUT2D eigenvalue weighted by Gasteiger charge is 2.26. The largest absolute Gasteiger partial charge is 0.302 e. The molecule has 11 heteroatoms. The second-order valence-electron chi connectivity index (χ2n) is 3.15. The summed E-state index contributed by atoms with van der Waals surface area (Å²) in [7, 11) is -10.5. The molecule has 0 aromatic heterocycles. The van der Waals surface area contributed by atoms with Crippen molar-refractivity contribution in [1.82, 2.24) is 0 Å². The van der Waals surface area contributed by atoms with Crippen molar-refractivity contribution in [3.8, 4) is 0 Å². The number of hydrogen-bond acceptors (Lipinski definition) is 4. The molecule has 0 aliphatic carbocycles. The van der Waals surface area contributed by atoms with Gasteiger partial charge in [-0.1, -0.05) is 0 Å². The van der Waals surface area contributed by atoms with Crippen molar-refractivity contribution in [2.45, 2.75) is 6.42 Å². The molecule has 102 valence electrons. The van der Waals surface area contributed by atoms with Gasteiger partial charge in [0.2, 0.25) is 0 Å². The van der Waals surface area contributed by atoms with Gasteiger partial charge >= 0.3 is 26.5 Å². The lowest BCUT2D eigenvalue weighted by atomic mass is 10.1. The van der Waals surface area contributed by atoms with Crippen LogP contribution in [-0.2, 0) is 20.4 Å². The maximum atomic E-state index is 12.4. The number of halogens is 5. The summed E-state index contributed by atoms with van der Waals surface area (Å²) in [5, 5.41) is 0. The number of allylic oxidation sites excluding steroid dienone is 1. The van der Waals surface area contributed by atoms with E-state index in [1.807, 2.05) is 0 Å². The molecule has 0 fully saturated rings. The fourth-order valence-corrected chi connectivity index (χ4v) is 2.81. The quantitative estimate of drug-likeness (QED) is 0.553. The predicted molar refractivity (Wildman–Crippen MR) is 48.2 cm³/mol. The molecule has 0 radical (unpaired) electrons. The first-order valence-corrected chi connectivity index (χ1v) is 7.05. The van der Waals surface area contributed by atoms with Crippen molar-refractivity contribution >= 4 is 20.4 Å². The first-order valence-electron chi connectivity index (χ1n) is 3.95. The average Bonchev–Trinajstić information content (AvgIpc) is 1.96. The maximum Gasteiger partial charge on any atom is 0.302 e. The van der Waals surface area contributed by atoms with Gasteiger partial charge in [-0.25, -0.2) is 4.39 Å². The van der Waals surface area contributed by atoms with Gasteiger partial charge < -0.3 is 0 Å². The van der Waals surface area contributed by atoms with Crippen LogP contribution < -0.4 is 0 Å². The molecule has 0 amide bonds. The molecule has 0 rings (SSSR count). The third-order valence-electron chi connectivity index (χ3n) is 1.54. The van der Waals surface area contributed by atoms with Crippen molar-refractivity contribution in [1.29, 1.82) is 0 Å². The topological polar surface area (TPSA) is 68.3 Å². The first-order chi connectivity index (χ1) is 7.41.